The van der Waals surface area contributed by atoms with E-state index in [-0.39, 0.29) is 5.82 Å². The minimum absolute atomic E-state index is 0.279. The van der Waals surface area contributed by atoms with Crippen molar-refractivity contribution in [1.82, 2.24) is 20.2 Å². The first-order valence-corrected chi connectivity index (χ1v) is 7.91. The summed E-state index contributed by atoms with van der Waals surface area (Å²) in [5.74, 6) is 0.649. The van der Waals surface area contributed by atoms with Crippen LogP contribution in [0.4, 0.5) is 4.39 Å². The fraction of sp³-hybridized carbons (Fsp3) is 0.0625. The standard InChI is InChI=1S/C16H11FN4OS/c17-12-7-10-3-1-6-19-14(10)11(8-12)9-23-16-21-20-15(22-16)13-4-2-5-18-13/h1-8,18H,9H2. The Balaban J connectivity index is 1.58. The van der Waals surface area contributed by atoms with Crippen molar-refractivity contribution < 1.29 is 8.81 Å². The van der Waals surface area contributed by atoms with Crippen LogP contribution < -0.4 is 0 Å². The van der Waals surface area contributed by atoms with E-state index in [1.165, 1.54) is 23.9 Å². The fourth-order valence-electron chi connectivity index (χ4n) is 2.32. The summed E-state index contributed by atoms with van der Waals surface area (Å²) in [4.78, 5) is 7.34. The van der Waals surface area contributed by atoms with Gasteiger partial charge in [-0.2, -0.15) is 0 Å². The molecule has 23 heavy (non-hydrogen) atoms. The van der Waals surface area contributed by atoms with Gasteiger partial charge in [0.25, 0.3) is 11.1 Å². The average molecular weight is 326 g/mol. The smallest absolute Gasteiger partial charge is 0.277 e. The molecule has 0 aliphatic heterocycles. The molecule has 0 bridgehead atoms. The van der Waals surface area contributed by atoms with Crippen molar-refractivity contribution >= 4 is 22.7 Å². The number of fused-ring (bicyclic) bond motifs is 1. The third-order valence-corrected chi connectivity index (χ3v) is 4.20. The molecule has 1 aromatic carbocycles. The highest BCUT2D eigenvalue weighted by Crippen LogP contribution is 2.28. The molecular formula is C16H11FN4OS. The maximum absolute atomic E-state index is 13.7. The SMILES string of the molecule is Fc1cc(CSc2nnc(-c3ccc[nH]3)o2)c2ncccc2c1. The molecule has 0 amide bonds. The molecule has 3 aromatic heterocycles. The minimum Gasteiger partial charge on any atom is -0.410 e. The highest BCUT2D eigenvalue weighted by molar-refractivity contribution is 7.98. The van der Waals surface area contributed by atoms with Gasteiger partial charge in [-0.3, -0.25) is 4.98 Å². The van der Waals surface area contributed by atoms with Crippen LogP contribution in [-0.2, 0) is 5.75 Å². The number of thioether (sulfide) groups is 1. The Morgan fingerprint density at radius 3 is 3.00 bits per heavy atom. The highest BCUT2D eigenvalue weighted by Gasteiger charge is 2.11. The van der Waals surface area contributed by atoms with Crippen LogP contribution in [0.2, 0.25) is 0 Å². The van der Waals surface area contributed by atoms with Gasteiger partial charge in [-0.05, 0) is 35.9 Å². The first kappa shape index (κ1) is 14.0. The number of pyridine rings is 1. The molecule has 5 nitrogen and oxygen atoms in total. The largest absolute Gasteiger partial charge is 0.410 e. The number of nitrogens with zero attached hydrogens (tertiary/aromatic N) is 3. The van der Waals surface area contributed by atoms with Crippen molar-refractivity contribution in [1.29, 1.82) is 0 Å². The molecule has 0 saturated heterocycles. The van der Waals surface area contributed by atoms with Crippen molar-refractivity contribution in [3.8, 4) is 11.6 Å². The molecule has 0 unspecified atom stereocenters. The van der Waals surface area contributed by atoms with Crippen LogP contribution in [0.3, 0.4) is 0 Å². The van der Waals surface area contributed by atoms with E-state index < -0.39 is 0 Å². The molecule has 0 saturated carbocycles. The third kappa shape index (κ3) is 2.83. The summed E-state index contributed by atoms with van der Waals surface area (Å²) in [6.45, 7) is 0. The Labute approximate surface area is 135 Å². The maximum Gasteiger partial charge on any atom is 0.277 e. The van der Waals surface area contributed by atoms with Gasteiger partial charge in [0.2, 0.25) is 0 Å². The fourth-order valence-corrected chi connectivity index (χ4v) is 3.05. The van der Waals surface area contributed by atoms with Gasteiger partial charge in [-0.25, -0.2) is 4.39 Å². The van der Waals surface area contributed by atoms with E-state index in [2.05, 4.69) is 20.2 Å². The molecule has 0 aliphatic rings. The highest BCUT2D eigenvalue weighted by atomic mass is 32.2. The van der Waals surface area contributed by atoms with E-state index in [1.54, 1.807) is 18.5 Å². The third-order valence-electron chi connectivity index (χ3n) is 3.33. The van der Waals surface area contributed by atoms with Crippen molar-refractivity contribution in [3.05, 3.63) is 60.2 Å². The lowest BCUT2D eigenvalue weighted by Gasteiger charge is -2.04. The van der Waals surface area contributed by atoms with Crippen molar-refractivity contribution in [2.75, 3.05) is 0 Å². The van der Waals surface area contributed by atoms with Gasteiger partial charge in [0, 0.05) is 23.5 Å². The maximum atomic E-state index is 13.7. The molecule has 0 spiro atoms. The average Bonchev–Trinajstić information content (AvgIpc) is 3.23. The Kier molecular flexibility index (Phi) is 3.55. The Hall–Kier alpha value is -2.67. The van der Waals surface area contributed by atoms with Gasteiger partial charge < -0.3 is 9.40 Å². The zero-order chi connectivity index (χ0) is 15.6. The van der Waals surface area contributed by atoms with Gasteiger partial charge in [0.1, 0.15) is 11.5 Å². The van der Waals surface area contributed by atoms with E-state index in [0.717, 1.165) is 22.2 Å². The topological polar surface area (TPSA) is 67.6 Å². The predicted octanol–water partition coefficient (Wildman–Crippen LogP) is 4.04. The Bertz CT molecular complexity index is 952. The number of aromatic amines is 1. The van der Waals surface area contributed by atoms with E-state index in [1.807, 2.05) is 18.2 Å². The molecule has 3 heterocycles. The zero-order valence-corrected chi connectivity index (χ0v) is 12.7. The predicted molar refractivity (Wildman–Crippen MR) is 85.3 cm³/mol. The summed E-state index contributed by atoms with van der Waals surface area (Å²) in [5.41, 5.74) is 2.35. The monoisotopic (exact) mass is 326 g/mol. The lowest BCUT2D eigenvalue weighted by molar-refractivity contribution is 0.464. The van der Waals surface area contributed by atoms with E-state index >= 15 is 0 Å². The summed E-state index contributed by atoms with van der Waals surface area (Å²) < 4.78 is 19.3. The summed E-state index contributed by atoms with van der Waals surface area (Å²) in [6, 6.07) is 10.3. The summed E-state index contributed by atoms with van der Waals surface area (Å²) in [7, 11) is 0. The number of halogens is 1. The number of nitrogens with one attached hydrogen (secondary N) is 1. The van der Waals surface area contributed by atoms with Gasteiger partial charge in [-0.15, -0.1) is 10.2 Å². The molecule has 7 heteroatoms. The van der Waals surface area contributed by atoms with Crippen LogP contribution >= 0.6 is 11.8 Å². The summed E-state index contributed by atoms with van der Waals surface area (Å²) in [6.07, 6.45) is 3.49. The quantitative estimate of drug-likeness (QED) is 0.573. The van der Waals surface area contributed by atoms with Crippen LogP contribution in [0, 0.1) is 5.82 Å². The summed E-state index contributed by atoms with van der Waals surface area (Å²) in [5, 5.41) is 9.21. The van der Waals surface area contributed by atoms with Gasteiger partial charge in [0.15, 0.2) is 0 Å². The Morgan fingerprint density at radius 2 is 2.13 bits per heavy atom. The molecular weight excluding hydrogens is 315 g/mol. The number of H-pyrrole nitrogens is 1. The zero-order valence-electron chi connectivity index (χ0n) is 11.9. The van der Waals surface area contributed by atoms with E-state index in [9.17, 15) is 4.39 Å². The molecule has 0 radical (unpaired) electrons. The minimum atomic E-state index is -0.279. The number of hydrogen-bond acceptors (Lipinski definition) is 5. The molecule has 0 atom stereocenters. The first-order valence-electron chi connectivity index (χ1n) is 6.93. The normalized spacial score (nSPS) is 11.2. The van der Waals surface area contributed by atoms with E-state index in [4.69, 9.17) is 4.42 Å². The van der Waals surface area contributed by atoms with Gasteiger partial charge in [-0.1, -0.05) is 17.8 Å². The Morgan fingerprint density at radius 1 is 1.17 bits per heavy atom. The van der Waals surface area contributed by atoms with Gasteiger partial charge in [0.05, 0.1) is 5.52 Å². The number of rotatable bonds is 4. The second kappa shape index (κ2) is 5.85. The van der Waals surface area contributed by atoms with Crippen LogP contribution in [0.15, 0.2) is 58.4 Å². The first-order chi connectivity index (χ1) is 11.3. The van der Waals surface area contributed by atoms with E-state index in [0.29, 0.717) is 16.9 Å². The molecule has 0 aliphatic carbocycles. The van der Waals surface area contributed by atoms with Crippen molar-refractivity contribution in [2.24, 2.45) is 0 Å². The molecule has 114 valence electrons. The molecule has 1 N–H and O–H groups in total. The van der Waals surface area contributed by atoms with Crippen molar-refractivity contribution in [3.63, 3.8) is 0 Å². The molecule has 4 aromatic rings. The second-order valence-corrected chi connectivity index (χ2v) is 5.81. The van der Waals surface area contributed by atoms with Crippen LogP contribution in [0.1, 0.15) is 5.56 Å². The van der Waals surface area contributed by atoms with Crippen LogP contribution in [-0.4, -0.2) is 20.2 Å². The lowest BCUT2D eigenvalue weighted by Crippen LogP contribution is -1.89. The number of benzene rings is 1. The van der Waals surface area contributed by atoms with Crippen molar-refractivity contribution in [2.45, 2.75) is 11.0 Å². The number of hydrogen-bond donors (Lipinski definition) is 1. The summed E-state index contributed by atoms with van der Waals surface area (Å²) >= 11 is 1.35. The molecule has 4 rings (SSSR count). The molecule has 0 fully saturated rings. The second-order valence-electron chi connectivity index (χ2n) is 4.89. The van der Waals surface area contributed by atoms with Crippen LogP contribution in [0.25, 0.3) is 22.5 Å². The lowest BCUT2D eigenvalue weighted by atomic mass is 10.1. The number of aromatic nitrogens is 4. The van der Waals surface area contributed by atoms with Gasteiger partial charge >= 0.3 is 0 Å². The van der Waals surface area contributed by atoms with Crippen LogP contribution in [0.5, 0.6) is 0 Å².